The van der Waals surface area contributed by atoms with Crippen LogP contribution in [-0.4, -0.2) is 19.2 Å². The van der Waals surface area contributed by atoms with Crippen molar-refractivity contribution >= 4 is 0 Å². The molecule has 0 aliphatic heterocycles. The largest absolute Gasteiger partial charge is 0.489 e. The van der Waals surface area contributed by atoms with Crippen molar-refractivity contribution in [3.05, 3.63) is 29.8 Å². The molecule has 1 aromatic carbocycles. The quantitative estimate of drug-likeness (QED) is 0.726. The first-order valence-corrected chi connectivity index (χ1v) is 7.62. The smallest absolute Gasteiger partial charge is 0.119 e. The highest BCUT2D eigenvalue weighted by molar-refractivity contribution is 5.27. The molecule has 0 aromatic heterocycles. The van der Waals surface area contributed by atoms with Crippen LogP contribution in [0.25, 0.3) is 0 Å². The second kappa shape index (κ2) is 8.98. The van der Waals surface area contributed by atoms with E-state index < -0.39 is 0 Å². The van der Waals surface area contributed by atoms with Gasteiger partial charge >= 0.3 is 0 Å². The zero-order valence-corrected chi connectivity index (χ0v) is 12.9. The van der Waals surface area contributed by atoms with Crippen LogP contribution >= 0.6 is 0 Å². The Morgan fingerprint density at radius 3 is 2.26 bits per heavy atom. The lowest BCUT2D eigenvalue weighted by molar-refractivity contribution is 0.192. The average molecular weight is 263 g/mol. The number of nitrogens with one attached hydrogen (secondary N) is 1. The third-order valence-electron chi connectivity index (χ3n) is 3.14. The molecule has 0 aliphatic rings. The predicted molar refractivity (Wildman–Crippen MR) is 82.9 cm³/mol. The lowest BCUT2D eigenvalue weighted by Gasteiger charge is -2.19. The van der Waals surface area contributed by atoms with E-state index in [4.69, 9.17) is 4.74 Å². The van der Waals surface area contributed by atoms with Crippen molar-refractivity contribution in [3.8, 4) is 5.75 Å². The van der Waals surface area contributed by atoms with Gasteiger partial charge in [-0.05, 0) is 43.0 Å². The summed E-state index contributed by atoms with van der Waals surface area (Å²) >= 11 is 0. The predicted octanol–water partition coefficient (Wildman–Crippen LogP) is 4.04. The summed E-state index contributed by atoms with van der Waals surface area (Å²) in [5.74, 6) is 1.67. The molecule has 19 heavy (non-hydrogen) atoms. The molecule has 2 heteroatoms. The van der Waals surface area contributed by atoms with Crippen LogP contribution in [-0.2, 0) is 6.42 Å². The molecular weight excluding hydrogens is 234 g/mol. The molecule has 1 rings (SSSR count). The molecular formula is C17H29NO. The van der Waals surface area contributed by atoms with Gasteiger partial charge < -0.3 is 10.1 Å². The maximum Gasteiger partial charge on any atom is 0.119 e. The molecule has 0 spiro atoms. The van der Waals surface area contributed by atoms with E-state index in [9.17, 15) is 0 Å². The van der Waals surface area contributed by atoms with Gasteiger partial charge in [-0.3, -0.25) is 0 Å². The monoisotopic (exact) mass is 263 g/mol. The zero-order valence-electron chi connectivity index (χ0n) is 12.9. The summed E-state index contributed by atoms with van der Waals surface area (Å²) in [5, 5.41) is 3.46. The van der Waals surface area contributed by atoms with E-state index in [1.54, 1.807) is 0 Å². The molecule has 0 amide bonds. The van der Waals surface area contributed by atoms with Crippen LogP contribution in [0.15, 0.2) is 24.3 Å². The van der Waals surface area contributed by atoms with E-state index in [1.165, 1.54) is 12.0 Å². The first-order valence-electron chi connectivity index (χ1n) is 7.62. The Morgan fingerprint density at radius 2 is 1.74 bits per heavy atom. The molecule has 1 N–H and O–H groups in total. The average Bonchev–Trinajstić information content (AvgIpc) is 2.39. The molecule has 0 fully saturated rings. The standard InChI is InChI=1S/C17H29NO/c1-5-7-15-8-10-17(11-9-15)19-16(6-2)13-18-12-14(3)4/h8-11,14,16,18H,5-7,12-13H2,1-4H3. The topological polar surface area (TPSA) is 21.3 Å². The van der Waals surface area contributed by atoms with Crippen molar-refractivity contribution in [1.29, 1.82) is 0 Å². The second-order valence-corrected chi connectivity index (χ2v) is 5.59. The summed E-state index contributed by atoms with van der Waals surface area (Å²) < 4.78 is 6.02. The fourth-order valence-electron chi connectivity index (χ4n) is 2.02. The van der Waals surface area contributed by atoms with Crippen molar-refractivity contribution in [2.75, 3.05) is 13.1 Å². The third kappa shape index (κ3) is 6.63. The fraction of sp³-hybridized carbons (Fsp3) is 0.647. The van der Waals surface area contributed by atoms with Gasteiger partial charge in [0, 0.05) is 6.54 Å². The van der Waals surface area contributed by atoms with E-state index in [2.05, 4.69) is 57.3 Å². The Kier molecular flexibility index (Phi) is 7.57. The molecule has 1 aromatic rings. The number of hydrogen-bond donors (Lipinski definition) is 1. The molecule has 0 radical (unpaired) electrons. The summed E-state index contributed by atoms with van der Waals surface area (Å²) in [5.41, 5.74) is 1.39. The maximum absolute atomic E-state index is 6.02. The minimum atomic E-state index is 0.260. The molecule has 2 nitrogen and oxygen atoms in total. The van der Waals surface area contributed by atoms with Gasteiger partial charge in [0.25, 0.3) is 0 Å². The Morgan fingerprint density at radius 1 is 1.05 bits per heavy atom. The van der Waals surface area contributed by atoms with Crippen molar-refractivity contribution in [1.82, 2.24) is 5.32 Å². The lowest BCUT2D eigenvalue weighted by atomic mass is 10.1. The van der Waals surface area contributed by atoms with Gasteiger partial charge in [-0.25, -0.2) is 0 Å². The van der Waals surface area contributed by atoms with E-state index in [-0.39, 0.29) is 6.10 Å². The van der Waals surface area contributed by atoms with Crippen LogP contribution < -0.4 is 10.1 Å². The highest BCUT2D eigenvalue weighted by Gasteiger charge is 2.08. The fourth-order valence-corrected chi connectivity index (χ4v) is 2.02. The van der Waals surface area contributed by atoms with Gasteiger partial charge in [0.1, 0.15) is 11.9 Å². The number of benzene rings is 1. The first-order chi connectivity index (χ1) is 9.15. The van der Waals surface area contributed by atoms with Gasteiger partial charge in [0.15, 0.2) is 0 Å². The lowest BCUT2D eigenvalue weighted by Crippen LogP contribution is -2.32. The molecule has 108 valence electrons. The zero-order chi connectivity index (χ0) is 14.1. The summed E-state index contributed by atoms with van der Waals surface area (Å²) in [6.07, 6.45) is 3.63. The number of rotatable bonds is 9. The molecule has 1 unspecified atom stereocenters. The van der Waals surface area contributed by atoms with Crippen LogP contribution in [0.1, 0.15) is 46.1 Å². The number of hydrogen-bond acceptors (Lipinski definition) is 2. The van der Waals surface area contributed by atoms with Crippen molar-refractivity contribution in [2.45, 2.75) is 53.1 Å². The highest BCUT2D eigenvalue weighted by atomic mass is 16.5. The van der Waals surface area contributed by atoms with Gasteiger partial charge in [-0.15, -0.1) is 0 Å². The highest BCUT2D eigenvalue weighted by Crippen LogP contribution is 2.15. The molecule has 0 aliphatic carbocycles. The van der Waals surface area contributed by atoms with E-state index in [1.807, 2.05) is 0 Å². The number of ether oxygens (including phenoxy) is 1. The SMILES string of the molecule is CCCc1ccc(OC(CC)CNCC(C)C)cc1. The van der Waals surface area contributed by atoms with Crippen molar-refractivity contribution in [3.63, 3.8) is 0 Å². The molecule has 0 heterocycles. The molecule has 0 bridgehead atoms. The number of aryl methyl sites for hydroxylation is 1. The van der Waals surface area contributed by atoms with Crippen LogP contribution in [0.3, 0.4) is 0 Å². The van der Waals surface area contributed by atoms with Crippen LogP contribution in [0.2, 0.25) is 0 Å². The molecule has 0 saturated carbocycles. The third-order valence-corrected chi connectivity index (χ3v) is 3.14. The summed E-state index contributed by atoms with van der Waals surface area (Å²) in [4.78, 5) is 0. The Bertz CT molecular complexity index is 332. The van der Waals surface area contributed by atoms with Crippen LogP contribution in [0.5, 0.6) is 5.75 Å². The Balaban J connectivity index is 2.41. The maximum atomic E-state index is 6.02. The van der Waals surface area contributed by atoms with Gasteiger partial charge in [0.2, 0.25) is 0 Å². The first kappa shape index (κ1) is 16.0. The van der Waals surface area contributed by atoms with E-state index >= 15 is 0 Å². The summed E-state index contributed by atoms with van der Waals surface area (Å²) in [7, 11) is 0. The summed E-state index contributed by atoms with van der Waals surface area (Å²) in [6.45, 7) is 10.8. The normalized spacial score (nSPS) is 12.7. The summed E-state index contributed by atoms with van der Waals surface area (Å²) in [6, 6.07) is 8.53. The van der Waals surface area contributed by atoms with E-state index in [0.29, 0.717) is 5.92 Å². The van der Waals surface area contributed by atoms with Crippen LogP contribution in [0.4, 0.5) is 0 Å². The Labute approximate surface area is 118 Å². The van der Waals surface area contributed by atoms with Crippen molar-refractivity contribution in [2.24, 2.45) is 5.92 Å². The molecule has 1 atom stereocenters. The van der Waals surface area contributed by atoms with Crippen molar-refractivity contribution < 1.29 is 4.74 Å². The van der Waals surface area contributed by atoms with Crippen LogP contribution in [0, 0.1) is 5.92 Å². The Hall–Kier alpha value is -1.02. The molecule has 0 saturated heterocycles. The van der Waals surface area contributed by atoms with Gasteiger partial charge in [-0.2, -0.15) is 0 Å². The van der Waals surface area contributed by atoms with E-state index in [0.717, 1.165) is 31.7 Å². The minimum Gasteiger partial charge on any atom is -0.489 e. The van der Waals surface area contributed by atoms with Gasteiger partial charge in [0.05, 0.1) is 0 Å². The second-order valence-electron chi connectivity index (χ2n) is 5.59. The minimum absolute atomic E-state index is 0.260. The van der Waals surface area contributed by atoms with Gasteiger partial charge in [-0.1, -0.05) is 46.2 Å².